The van der Waals surface area contributed by atoms with E-state index in [4.69, 9.17) is 0 Å². The number of aryl methyl sites for hydroxylation is 1. The Labute approximate surface area is 169 Å². The van der Waals surface area contributed by atoms with Gasteiger partial charge in [0, 0.05) is 17.8 Å². The Hall–Kier alpha value is -3.19. The van der Waals surface area contributed by atoms with Crippen molar-refractivity contribution in [2.24, 2.45) is 0 Å². The maximum absolute atomic E-state index is 13.2. The number of carbonyl (C=O) groups is 1. The van der Waals surface area contributed by atoms with Gasteiger partial charge in [0.2, 0.25) is 0 Å². The van der Waals surface area contributed by atoms with Crippen LogP contribution in [0.25, 0.3) is 0 Å². The molecular formula is C22H21FN2O3S. The fourth-order valence-electron chi connectivity index (χ4n) is 2.74. The first-order valence-electron chi connectivity index (χ1n) is 9.06. The summed E-state index contributed by atoms with van der Waals surface area (Å²) in [4.78, 5) is 12.3. The predicted octanol–water partition coefficient (Wildman–Crippen LogP) is 3.91. The van der Waals surface area contributed by atoms with Crippen LogP contribution in [0.5, 0.6) is 0 Å². The molecule has 0 saturated heterocycles. The number of halogens is 1. The van der Waals surface area contributed by atoms with Crippen LogP contribution in [0.2, 0.25) is 0 Å². The van der Waals surface area contributed by atoms with E-state index in [2.05, 4.69) is 10.0 Å². The molecule has 29 heavy (non-hydrogen) atoms. The number of benzene rings is 3. The molecule has 0 unspecified atom stereocenters. The number of amides is 1. The number of carbonyl (C=O) groups excluding carboxylic acids is 1. The van der Waals surface area contributed by atoms with Crippen LogP contribution in [0, 0.1) is 12.7 Å². The number of sulfonamides is 1. The molecule has 0 fully saturated rings. The van der Waals surface area contributed by atoms with E-state index in [1.54, 1.807) is 24.3 Å². The Balaban J connectivity index is 1.59. The Morgan fingerprint density at radius 2 is 1.66 bits per heavy atom. The number of hydrogen-bond donors (Lipinski definition) is 2. The zero-order valence-corrected chi connectivity index (χ0v) is 16.7. The van der Waals surface area contributed by atoms with Crippen molar-refractivity contribution in [3.8, 4) is 0 Å². The van der Waals surface area contributed by atoms with Crippen molar-refractivity contribution in [1.82, 2.24) is 5.32 Å². The maximum Gasteiger partial charge on any atom is 0.261 e. The first kappa shape index (κ1) is 20.5. The highest BCUT2D eigenvalue weighted by atomic mass is 32.2. The van der Waals surface area contributed by atoms with E-state index in [0.29, 0.717) is 24.2 Å². The van der Waals surface area contributed by atoms with Crippen molar-refractivity contribution in [2.75, 3.05) is 11.3 Å². The van der Waals surface area contributed by atoms with Gasteiger partial charge in [-0.25, -0.2) is 12.8 Å². The molecule has 0 atom stereocenters. The highest BCUT2D eigenvalue weighted by Crippen LogP contribution is 2.17. The van der Waals surface area contributed by atoms with Gasteiger partial charge in [0.25, 0.3) is 15.9 Å². The fraction of sp³-hybridized carbons (Fsp3) is 0.136. The lowest BCUT2D eigenvalue weighted by Crippen LogP contribution is -2.25. The average molecular weight is 412 g/mol. The van der Waals surface area contributed by atoms with Crippen molar-refractivity contribution in [3.05, 3.63) is 95.3 Å². The molecule has 3 aromatic rings. The van der Waals surface area contributed by atoms with Crippen LogP contribution in [-0.4, -0.2) is 20.9 Å². The Bertz CT molecular complexity index is 1100. The molecule has 0 heterocycles. The highest BCUT2D eigenvalue weighted by Gasteiger charge is 2.15. The zero-order chi connectivity index (χ0) is 20.9. The largest absolute Gasteiger partial charge is 0.352 e. The molecule has 1 amide bonds. The number of anilines is 1. The molecule has 150 valence electrons. The molecular weight excluding hydrogens is 391 g/mol. The summed E-state index contributed by atoms with van der Waals surface area (Å²) in [5.41, 5.74) is 2.63. The van der Waals surface area contributed by atoms with Gasteiger partial charge in [-0.2, -0.15) is 0 Å². The molecule has 5 nitrogen and oxygen atoms in total. The van der Waals surface area contributed by atoms with Crippen molar-refractivity contribution in [2.45, 2.75) is 18.2 Å². The van der Waals surface area contributed by atoms with Gasteiger partial charge in [0.05, 0.1) is 4.90 Å². The molecule has 0 aromatic heterocycles. The van der Waals surface area contributed by atoms with E-state index in [-0.39, 0.29) is 16.6 Å². The van der Waals surface area contributed by atoms with Crippen LogP contribution < -0.4 is 10.0 Å². The Morgan fingerprint density at radius 1 is 0.966 bits per heavy atom. The van der Waals surface area contributed by atoms with E-state index in [1.165, 1.54) is 36.4 Å². The van der Waals surface area contributed by atoms with Crippen molar-refractivity contribution in [1.29, 1.82) is 0 Å². The third-order valence-electron chi connectivity index (χ3n) is 4.32. The summed E-state index contributed by atoms with van der Waals surface area (Å²) in [5, 5.41) is 2.74. The van der Waals surface area contributed by atoms with E-state index in [0.717, 1.165) is 11.1 Å². The minimum atomic E-state index is -3.74. The smallest absolute Gasteiger partial charge is 0.261 e. The van der Waals surface area contributed by atoms with Crippen molar-refractivity contribution in [3.63, 3.8) is 0 Å². The van der Waals surface area contributed by atoms with Crippen LogP contribution >= 0.6 is 0 Å². The molecule has 3 rings (SSSR count). The summed E-state index contributed by atoms with van der Waals surface area (Å²) >= 11 is 0. The van der Waals surface area contributed by atoms with Gasteiger partial charge >= 0.3 is 0 Å². The van der Waals surface area contributed by atoms with E-state index >= 15 is 0 Å². The lowest BCUT2D eigenvalue weighted by molar-refractivity contribution is 0.0954. The molecule has 0 aliphatic rings. The molecule has 0 aliphatic carbocycles. The molecule has 2 N–H and O–H groups in total. The van der Waals surface area contributed by atoms with E-state index < -0.39 is 10.0 Å². The summed E-state index contributed by atoms with van der Waals surface area (Å²) in [7, 11) is -3.74. The minimum Gasteiger partial charge on any atom is -0.352 e. The molecule has 0 bridgehead atoms. The van der Waals surface area contributed by atoms with Gasteiger partial charge in [0.1, 0.15) is 5.82 Å². The molecule has 3 aromatic carbocycles. The molecule has 0 saturated carbocycles. The highest BCUT2D eigenvalue weighted by molar-refractivity contribution is 7.92. The van der Waals surface area contributed by atoms with Crippen molar-refractivity contribution >= 4 is 21.6 Å². The van der Waals surface area contributed by atoms with Crippen LogP contribution in [0.15, 0.2) is 77.7 Å². The first-order chi connectivity index (χ1) is 13.8. The summed E-state index contributed by atoms with van der Waals surface area (Å²) in [6.07, 6.45) is 0.496. The van der Waals surface area contributed by atoms with Crippen molar-refractivity contribution < 1.29 is 17.6 Å². The third kappa shape index (κ3) is 5.65. The second-order valence-corrected chi connectivity index (χ2v) is 8.31. The second kappa shape index (κ2) is 8.87. The van der Waals surface area contributed by atoms with Crippen LogP contribution in [0.3, 0.4) is 0 Å². The monoisotopic (exact) mass is 412 g/mol. The number of nitrogens with one attached hydrogen (secondary N) is 2. The number of rotatable bonds is 7. The van der Waals surface area contributed by atoms with Gasteiger partial charge < -0.3 is 5.32 Å². The average Bonchev–Trinajstić information content (AvgIpc) is 2.70. The second-order valence-electron chi connectivity index (χ2n) is 6.63. The predicted molar refractivity (Wildman–Crippen MR) is 111 cm³/mol. The zero-order valence-electron chi connectivity index (χ0n) is 15.9. The lowest BCUT2D eigenvalue weighted by atomic mass is 10.1. The Kier molecular flexibility index (Phi) is 6.29. The lowest BCUT2D eigenvalue weighted by Gasteiger charge is -2.09. The standard InChI is InChI=1S/C22H21FN2O3S/c1-16-5-9-20(10-6-16)25-29(27,28)21-11-7-18(8-12-21)22(26)24-14-13-17-3-2-4-19(23)15-17/h2-12,15,25H,13-14H2,1H3,(H,24,26). The van der Waals surface area contributed by atoms with Gasteiger partial charge in [0.15, 0.2) is 0 Å². The SMILES string of the molecule is Cc1ccc(NS(=O)(=O)c2ccc(C(=O)NCCc3cccc(F)c3)cc2)cc1. The van der Waals surface area contributed by atoms with Crippen LogP contribution in [0.4, 0.5) is 10.1 Å². The summed E-state index contributed by atoms with van der Waals surface area (Å²) < 4.78 is 40.6. The maximum atomic E-state index is 13.2. The van der Waals surface area contributed by atoms with Gasteiger partial charge in [-0.15, -0.1) is 0 Å². The topological polar surface area (TPSA) is 75.3 Å². The van der Waals surface area contributed by atoms with Crippen LogP contribution in [-0.2, 0) is 16.4 Å². The molecule has 0 radical (unpaired) electrons. The summed E-state index contributed by atoms with van der Waals surface area (Å²) in [5.74, 6) is -0.637. The van der Waals surface area contributed by atoms with E-state index in [9.17, 15) is 17.6 Å². The fourth-order valence-corrected chi connectivity index (χ4v) is 3.79. The summed E-state index contributed by atoms with van der Waals surface area (Å²) in [6.45, 7) is 2.26. The number of hydrogen-bond acceptors (Lipinski definition) is 3. The molecule has 0 aliphatic heterocycles. The minimum absolute atomic E-state index is 0.0642. The van der Waals surface area contributed by atoms with Gasteiger partial charge in [-0.1, -0.05) is 29.8 Å². The van der Waals surface area contributed by atoms with Crippen LogP contribution in [0.1, 0.15) is 21.5 Å². The van der Waals surface area contributed by atoms with Gasteiger partial charge in [-0.3, -0.25) is 9.52 Å². The van der Waals surface area contributed by atoms with E-state index in [1.807, 2.05) is 19.1 Å². The first-order valence-corrected chi connectivity index (χ1v) is 10.5. The normalized spacial score (nSPS) is 11.1. The molecule has 0 spiro atoms. The summed E-state index contributed by atoms with van der Waals surface area (Å²) in [6, 6.07) is 18.9. The quantitative estimate of drug-likeness (QED) is 0.618. The Morgan fingerprint density at radius 3 is 2.31 bits per heavy atom. The molecule has 7 heteroatoms. The third-order valence-corrected chi connectivity index (χ3v) is 5.72. The van der Waals surface area contributed by atoms with Gasteiger partial charge in [-0.05, 0) is 67.4 Å².